The number of ether oxygens (including phenoxy) is 4. The fourth-order valence-electron chi connectivity index (χ4n) is 5.67. The van der Waals surface area contributed by atoms with Crippen molar-refractivity contribution in [2.45, 2.75) is 58.8 Å². The maximum atomic E-state index is 14.7. The zero-order chi connectivity index (χ0) is 31.8. The Labute approximate surface area is 263 Å². The molecule has 1 N–H and O–H groups in total. The zero-order valence-corrected chi connectivity index (χ0v) is 27.1. The molecule has 8 nitrogen and oxygen atoms in total. The molecule has 242 valence electrons. The summed E-state index contributed by atoms with van der Waals surface area (Å²) in [6.45, 7) is 17.8. The molecular weight excluding hydrogens is 559 g/mol. The molecule has 1 aromatic heterocycles. The van der Waals surface area contributed by atoms with Crippen LogP contribution in [-0.4, -0.2) is 83.2 Å². The van der Waals surface area contributed by atoms with E-state index >= 15 is 0 Å². The van der Waals surface area contributed by atoms with E-state index in [-0.39, 0.29) is 24.6 Å². The predicted octanol–water partition coefficient (Wildman–Crippen LogP) is 7.11. The first-order valence-electron chi connectivity index (χ1n) is 15.6. The SMILES string of the molecule is C=CC/C(OC)=C(\C/C=C(\CN=CN=C)COC1=C(F)Cc2cc(C)[nH]c2C=C1)OC.CCCN1CCCC2(CC1)COC2. The van der Waals surface area contributed by atoms with Crippen molar-refractivity contribution in [3.63, 3.8) is 0 Å². The van der Waals surface area contributed by atoms with Crippen LogP contribution >= 0.6 is 0 Å². The number of aromatic nitrogens is 1. The minimum Gasteiger partial charge on any atom is -0.497 e. The van der Waals surface area contributed by atoms with Gasteiger partial charge in [0, 0.05) is 36.1 Å². The summed E-state index contributed by atoms with van der Waals surface area (Å²) in [5, 5.41) is 0. The number of aromatic amines is 1. The number of methoxy groups -OCH3 is 2. The molecule has 2 aliphatic heterocycles. The number of hydrogen-bond acceptors (Lipinski definition) is 6. The first-order chi connectivity index (χ1) is 21.4. The van der Waals surface area contributed by atoms with Crippen LogP contribution in [0.1, 0.15) is 62.4 Å². The second-order valence-electron chi connectivity index (χ2n) is 11.6. The van der Waals surface area contributed by atoms with Gasteiger partial charge in [0.25, 0.3) is 0 Å². The quantitative estimate of drug-likeness (QED) is 0.105. The Hall–Kier alpha value is -3.43. The van der Waals surface area contributed by atoms with Gasteiger partial charge in [-0.25, -0.2) is 4.39 Å². The van der Waals surface area contributed by atoms with Gasteiger partial charge in [0.2, 0.25) is 0 Å². The highest BCUT2D eigenvalue weighted by atomic mass is 19.1. The highest BCUT2D eigenvalue weighted by molar-refractivity contribution is 5.62. The van der Waals surface area contributed by atoms with E-state index in [1.165, 1.54) is 51.7 Å². The van der Waals surface area contributed by atoms with Gasteiger partial charge in [0.15, 0.2) is 5.76 Å². The number of allylic oxidation sites excluding steroid dienone is 4. The summed E-state index contributed by atoms with van der Waals surface area (Å²) in [5.74, 6) is 1.28. The Bertz CT molecular complexity index is 1240. The third-order valence-corrected chi connectivity index (χ3v) is 8.16. The number of nitrogens with one attached hydrogen (secondary N) is 1. The van der Waals surface area contributed by atoms with Crippen LogP contribution in [0.3, 0.4) is 0 Å². The average molecular weight is 611 g/mol. The summed E-state index contributed by atoms with van der Waals surface area (Å²) in [6.07, 6.45) is 15.2. The van der Waals surface area contributed by atoms with Crippen LogP contribution in [0.4, 0.5) is 4.39 Å². The molecule has 1 aromatic rings. The Morgan fingerprint density at radius 3 is 2.59 bits per heavy atom. The number of aliphatic imine (C=N–C) groups is 2. The summed E-state index contributed by atoms with van der Waals surface area (Å²) in [6, 6.07) is 1.94. The molecule has 3 heterocycles. The predicted molar refractivity (Wildman–Crippen MR) is 178 cm³/mol. The molecule has 0 radical (unpaired) electrons. The number of fused-ring (bicyclic) bond motifs is 1. The molecule has 0 amide bonds. The lowest BCUT2D eigenvalue weighted by Crippen LogP contribution is -2.43. The summed E-state index contributed by atoms with van der Waals surface area (Å²) in [4.78, 5) is 13.7. The van der Waals surface area contributed by atoms with Crippen molar-refractivity contribution in [1.82, 2.24) is 9.88 Å². The maximum Gasteiger partial charge on any atom is 0.151 e. The van der Waals surface area contributed by atoms with Crippen LogP contribution < -0.4 is 0 Å². The van der Waals surface area contributed by atoms with Crippen LogP contribution in [-0.2, 0) is 25.4 Å². The van der Waals surface area contributed by atoms with Crippen LogP contribution in [0, 0.1) is 12.3 Å². The van der Waals surface area contributed by atoms with E-state index in [1.807, 2.05) is 25.1 Å². The number of halogens is 1. The summed E-state index contributed by atoms with van der Waals surface area (Å²) < 4.78 is 36.7. The number of rotatable bonds is 14. The Kier molecular flexibility index (Phi) is 14.7. The first-order valence-corrected chi connectivity index (χ1v) is 15.6. The molecule has 0 unspecified atom stereocenters. The van der Waals surface area contributed by atoms with E-state index in [0.29, 0.717) is 36.3 Å². The van der Waals surface area contributed by atoms with Gasteiger partial charge < -0.3 is 28.8 Å². The van der Waals surface area contributed by atoms with E-state index in [9.17, 15) is 4.39 Å². The van der Waals surface area contributed by atoms with Gasteiger partial charge in [-0.05, 0) is 88.3 Å². The smallest absolute Gasteiger partial charge is 0.151 e. The van der Waals surface area contributed by atoms with Crippen LogP contribution in [0.5, 0.6) is 0 Å². The normalized spacial score (nSPS) is 18.8. The Balaban J connectivity index is 0.000000335. The maximum absolute atomic E-state index is 14.7. The molecule has 9 heteroatoms. The van der Waals surface area contributed by atoms with Crippen molar-refractivity contribution in [3.05, 3.63) is 76.5 Å². The molecule has 44 heavy (non-hydrogen) atoms. The molecule has 0 saturated carbocycles. The monoisotopic (exact) mass is 610 g/mol. The number of hydrogen-bond donors (Lipinski definition) is 1. The Morgan fingerprint density at radius 2 is 1.93 bits per heavy atom. The third-order valence-electron chi connectivity index (χ3n) is 8.16. The second kappa shape index (κ2) is 18.4. The lowest BCUT2D eigenvalue weighted by atomic mass is 9.79. The summed E-state index contributed by atoms with van der Waals surface area (Å²) >= 11 is 0. The van der Waals surface area contributed by atoms with E-state index in [4.69, 9.17) is 18.9 Å². The average Bonchev–Trinajstić information content (AvgIpc) is 3.13. The topological polar surface area (TPSA) is 80.7 Å². The number of H-pyrrole nitrogens is 1. The lowest BCUT2D eigenvalue weighted by Gasteiger charge is -2.40. The standard InChI is InChI=1S/C24H30FN3O3.C11H21NO/c1-6-7-23(29-4)24(30-5)10-8-18(14-27-16-26-3)15-31-22-11-9-21-19(13-20(22)25)12-17(2)28-21;1-2-6-12-7-3-4-11(5-8-12)9-13-10-11/h6,8-9,11-12,16,28H,1,3,7,10,13-15H2,2,4-5H3;2-10H2,1H3/b18-8+,24-23-,27-16?;. The van der Waals surface area contributed by atoms with Crippen molar-refractivity contribution in [1.29, 1.82) is 0 Å². The van der Waals surface area contributed by atoms with Gasteiger partial charge in [-0.3, -0.25) is 9.98 Å². The van der Waals surface area contributed by atoms with Crippen molar-refractivity contribution in [2.24, 2.45) is 15.4 Å². The number of likely N-dealkylation sites (tertiary alicyclic amines) is 1. The molecule has 1 spiro atoms. The molecule has 0 aromatic carbocycles. The van der Waals surface area contributed by atoms with Crippen molar-refractivity contribution < 1.29 is 23.3 Å². The van der Waals surface area contributed by atoms with Gasteiger partial charge >= 0.3 is 0 Å². The largest absolute Gasteiger partial charge is 0.497 e. The second-order valence-corrected chi connectivity index (χ2v) is 11.6. The van der Waals surface area contributed by atoms with E-state index in [1.54, 1.807) is 26.4 Å². The molecule has 0 bridgehead atoms. The minimum absolute atomic E-state index is 0.176. The minimum atomic E-state index is -0.310. The van der Waals surface area contributed by atoms with Crippen molar-refractivity contribution >= 4 is 19.1 Å². The molecule has 3 aliphatic rings. The highest BCUT2D eigenvalue weighted by Gasteiger charge is 2.39. The van der Waals surface area contributed by atoms with Crippen LogP contribution in [0.2, 0.25) is 0 Å². The van der Waals surface area contributed by atoms with Crippen LogP contribution in [0.15, 0.2) is 69.5 Å². The van der Waals surface area contributed by atoms with Gasteiger partial charge in [-0.15, -0.1) is 6.58 Å². The van der Waals surface area contributed by atoms with Gasteiger partial charge in [0.05, 0.1) is 34.0 Å². The highest BCUT2D eigenvalue weighted by Crippen LogP contribution is 2.38. The van der Waals surface area contributed by atoms with E-state index in [2.05, 4.69) is 40.1 Å². The molecule has 1 aliphatic carbocycles. The Morgan fingerprint density at radius 1 is 1.16 bits per heavy atom. The van der Waals surface area contributed by atoms with E-state index in [0.717, 1.165) is 35.7 Å². The summed E-state index contributed by atoms with van der Waals surface area (Å²) in [5.41, 5.74) is 4.25. The zero-order valence-electron chi connectivity index (χ0n) is 27.1. The van der Waals surface area contributed by atoms with Gasteiger partial charge in [-0.2, -0.15) is 0 Å². The first kappa shape index (κ1) is 35.1. The fraction of sp³-hybridized carbons (Fsp3) is 0.543. The number of aryl methyl sites for hydroxylation is 1. The molecule has 2 saturated heterocycles. The van der Waals surface area contributed by atoms with Gasteiger partial charge in [-0.1, -0.05) is 19.1 Å². The third kappa shape index (κ3) is 10.6. The van der Waals surface area contributed by atoms with Crippen LogP contribution in [0.25, 0.3) is 6.08 Å². The lowest BCUT2D eigenvalue weighted by molar-refractivity contribution is -0.119. The van der Waals surface area contributed by atoms with Gasteiger partial charge in [0.1, 0.15) is 30.3 Å². The number of nitrogens with zero attached hydrogens (tertiary/aromatic N) is 3. The molecule has 2 fully saturated rings. The molecular formula is C35H51FN4O4. The molecule has 0 atom stereocenters. The van der Waals surface area contributed by atoms with E-state index < -0.39 is 0 Å². The summed E-state index contributed by atoms with van der Waals surface area (Å²) in [7, 11) is 3.18. The van der Waals surface area contributed by atoms with Crippen molar-refractivity contribution in [3.8, 4) is 0 Å². The van der Waals surface area contributed by atoms with Crippen molar-refractivity contribution in [2.75, 3.05) is 60.2 Å². The molecule has 4 rings (SSSR count). The fourth-order valence-corrected chi connectivity index (χ4v) is 5.67.